The summed E-state index contributed by atoms with van der Waals surface area (Å²) in [4.78, 5) is 19.0. The molecular formula is C8H10N2O2. The maximum atomic E-state index is 11.2. The molecule has 0 aliphatic heterocycles. The molecule has 1 aromatic heterocycles. The van der Waals surface area contributed by atoms with Crippen LogP contribution in [0.2, 0.25) is 0 Å². The Morgan fingerprint density at radius 1 is 1.67 bits per heavy atom. The number of hydrogen-bond acceptors (Lipinski definition) is 4. The second-order valence-corrected chi connectivity index (χ2v) is 2.35. The zero-order valence-electron chi connectivity index (χ0n) is 7.07. The molecule has 0 aromatic carbocycles. The molecule has 0 radical (unpaired) electrons. The number of nitrogens with zero attached hydrogens (tertiary/aromatic N) is 2. The van der Waals surface area contributed by atoms with Crippen molar-refractivity contribution in [2.24, 2.45) is 0 Å². The smallest absolute Gasteiger partial charge is 0.206 e. The molecule has 0 amide bonds. The van der Waals surface area contributed by atoms with Crippen molar-refractivity contribution in [2.45, 2.75) is 6.92 Å². The van der Waals surface area contributed by atoms with E-state index in [2.05, 4.69) is 14.7 Å². The minimum Gasteiger partial charge on any atom is -0.376 e. The van der Waals surface area contributed by atoms with Gasteiger partial charge in [0.25, 0.3) is 0 Å². The van der Waals surface area contributed by atoms with Crippen molar-refractivity contribution >= 4 is 5.78 Å². The van der Waals surface area contributed by atoms with Gasteiger partial charge in [0, 0.05) is 13.3 Å². The highest BCUT2D eigenvalue weighted by atomic mass is 16.5. The van der Waals surface area contributed by atoms with E-state index in [-0.39, 0.29) is 12.4 Å². The second kappa shape index (κ2) is 3.92. The van der Waals surface area contributed by atoms with Gasteiger partial charge in [-0.05, 0) is 13.0 Å². The van der Waals surface area contributed by atoms with Gasteiger partial charge in [0.2, 0.25) is 5.78 Å². The molecule has 0 saturated heterocycles. The molecule has 12 heavy (non-hydrogen) atoms. The monoisotopic (exact) mass is 166 g/mol. The molecular weight excluding hydrogens is 156 g/mol. The molecule has 0 atom stereocenters. The van der Waals surface area contributed by atoms with Gasteiger partial charge < -0.3 is 4.74 Å². The predicted molar refractivity (Wildman–Crippen MR) is 43.0 cm³/mol. The Bertz CT molecular complexity index is 286. The zero-order valence-corrected chi connectivity index (χ0v) is 7.07. The van der Waals surface area contributed by atoms with E-state index in [0.29, 0.717) is 11.5 Å². The Hall–Kier alpha value is -1.29. The van der Waals surface area contributed by atoms with E-state index in [1.807, 2.05) is 0 Å². The molecule has 0 saturated carbocycles. The first-order chi connectivity index (χ1) is 5.74. The Kier molecular flexibility index (Phi) is 2.88. The summed E-state index contributed by atoms with van der Waals surface area (Å²) in [6.45, 7) is 1.81. The van der Waals surface area contributed by atoms with Crippen LogP contribution in [0.15, 0.2) is 12.3 Å². The molecule has 64 valence electrons. The average Bonchev–Trinajstić information content (AvgIpc) is 2.05. The van der Waals surface area contributed by atoms with Crippen molar-refractivity contribution in [2.75, 3.05) is 13.7 Å². The fourth-order valence-electron chi connectivity index (χ4n) is 0.817. The summed E-state index contributed by atoms with van der Waals surface area (Å²) < 4.78 is 4.69. The number of carbonyl (C=O) groups is 1. The number of rotatable bonds is 3. The molecule has 4 nitrogen and oxygen atoms in total. The number of aryl methyl sites for hydroxylation is 1. The lowest BCUT2D eigenvalue weighted by atomic mass is 10.3. The lowest BCUT2D eigenvalue weighted by Gasteiger charge is -1.98. The van der Waals surface area contributed by atoms with Crippen LogP contribution in [0.3, 0.4) is 0 Å². The van der Waals surface area contributed by atoms with Gasteiger partial charge in [-0.15, -0.1) is 0 Å². The standard InChI is InChI=1S/C8H10N2O2/c1-6-9-4-3-7(10-6)8(11)5-12-2/h3-4H,5H2,1-2H3. The average molecular weight is 166 g/mol. The van der Waals surface area contributed by atoms with Gasteiger partial charge in [-0.1, -0.05) is 0 Å². The van der Waals surface area contributed by atoms with Crippen LogP contribution in [0.4, 0.5) is 0 Å². The van der Waals surface area contributed by atoms with E-state index in [0.717, 1.165) is 0 Å². The highest BCUT2D eigenvalue weighted by Crippen LogP contribution is 1.96. The number of hydrogen-bond donors (Lipinski definition) is 0. The van der Waals surface area contributed by atoms with E-state index < -0.39 is 0 Å². The number of aromatic nitrogens is 2. The Labute approximate surface area is 70.6 Å². The molecule has 0 aliphatic rings. The SMILES string of the molecule is COCC(=O)c1ccnc(C)n1. The molecule has 1 rings (SSSR count). The number of ketones is 1. The summed E-state index contributed by atoms with van der Waals surface area (Å²) in [6.07, 6.45) is 1.56. The Balaban J connectivity index is 2.81. The largest absolute Gasteiger partial charge is 0.376 e. The van der Waals surface area contributed by atoms with Crippen molar-refractivity contribution in [1.82, 2.24) is 9.97 Å². The zero-order chi connectivity index (χ0) is 8.97. The number of carbonyl (C=O) groups excluding carboxylic acids is 1. The lowest BCUT2D eigenvalue weighted by Crippen LogP contribution is -2.09. The quantitative estimate of drug-likeness (QED) is 0.617. The first-order valence-corrected chi connectivity index (χ1v) is 3.56. The summed E-state index contributed by atoms with van der Waals surface area (Å²) in [7, 11) is 1.48. The maximum absolute atomic E-state index is 11.2. The van der Waals surface area contributed by atoms with Gasteiger partial charge >= 0.3 is 0 Å². The molecule has 0 aliphatic carbocycles. The van der Waals surface area contributed by atoms with E-state index >= 15 is 0 Å². The van der Waals surface area contributed by atoms with Crippen LogP contribution in [-0.2, 0) is 4.74 Å². The number of Topliss-reactive ketones (excluding diaryl/α,β-unsaturated/α-hetero) is 1. The van der Waals surface area contributed by atoms with E-state index in [1.165, 1.54) is 7.11 Å². The third kappa shape index (κ3) is 2.10. The predicted octanol–water partition coefficient (Wildman–Crippen LogP) is 0.614. The second-order valence-electron chi connectivity index (χ2n) is 2.35. The summed E-state index contributed by atoms with van der Waals surface area (Å²) in [5, 5.41) is 0. The third-order valence-corrected chi connectivity index (χ3v) is 1.34. The number of ether oxygens (including phenoxy) is 1. The molecule has 0 spiro atoms. The van der Waals surface area contributed by atoms with Crippen LogP contribution >= 0.6 is 0 Å². The van der Waals surface area contributed by atoms with Gasteiger partial charge in [0.15, 0.2) is 0 Å². The van der Waals surface area contributed by atoms with Gasteiger partial charge in [-0.2, -0.15) is 0 Å². The highest BCUT2D eigenvalue weighted by Gasteiger charge is 2.05. The van der Waals surface area contributed by atoms with E-state index in [4.69, 9.17) is 0 Å². The maximum Gasteiger partial charge on any atom is 0.206 e. The van der Waals surface area contributed by atoms with Crippen LogP contribution in [0, 0.1) is 6.92 Å². The topological polar surface area (TPSA) is 52.1 Å². The molecule has 1 aromatic rings. The Morgan fingerprint density at radius 2 is 2.42 bits per heavy atom. The van der Waals surface area contributed by atoms with Gasteiger partial charge in [0.1, 0.15) is 18.1 Å². The van der Waals surface area contributed by atoms with Gasteiger partial charge in [-0.25, -0.2) is 9.97 Å². The van der Waals surface area contributed by atoms with Crippen LogP contribution in [0.5, 0.6) is 0 Å². The van der Waals surface area contributed by atoms with Crippen molar-refractivity contribution in [3.8, 4) is 0 Å². The summed E-state index contributed by atoms with van der Waals surface area (Å²) >= 11 is 0. The minimum absolute atomic E-state index is 0.0659. The van der Waals surface area contributed by atoms with Crippen molar-refractivity contribution in [3.05, 3.63) is 23.8 Å². The van der Waals surface area contributed by atoms with Gasteiger partial charge in [-0.3, -0.25) is 4.79 Å². The molecule has 0 fully saturated rings. The first-order valence-electron chi connectivity index (χ1n) is 3.56. The van der Waals surface area contributed by atoms with Crippen molar-refractivity contribution in [1.29, 1.82) is 0 Å². The van der Waals surface area contributed by atoms with Crippen molar-refractivity contribution < 1.29 is 9.53 Å². The molecule has 0 bridgehead atoms. The van der Waals surface area contributed by atoms with Crippen LogP contribution < -0.4 is 0 Å². The summed E-state index contributed by atoms with van der Waals surface area (Å²) in [6, 6.07) is 1.58. The van der Waals surface area contributed by atoms with Crippen LogP contribution in [0.25, 0.3) is 0 Å². The van der Waals surface area contributed by atoms with E-state index in [9.17, 15) is 4.79 Å². The fourth-order valence-corrected chi connectivity index (χ4v) is 0.817. The number of methoxy groups -OCH3 is 1. The summed E-state index contributed by atoms with van der Waals surface area (Å²) in [5.41, 5.74) is 0.407. The minimum atomic E-state index is -0.122. The van der Waals surface area contributed by atoms with E-state index in [1.54, 1.807) is 19.2 Å². The highest BCUT2D eigenvalue weighted by molar-refractivity contribution is 5.95. The first kappa shape index (κ1) is 8.80. The Morgan fingerprint density at radius 3 is 3.00 bits per heavy atom. The molecule has 1 heterocycles. The van der Waals surface area contributed by atoms with Crippen LogP contribution in [0.1, 0.15) is 16.3 Å². The molecule has 4 heteroatoms. The third-order valence-electron chi connectivity index (χ3n) is 1.34. The normalized spacial score (nSPS) is 9.83. The van der Waals surface area contributed by atoms with Crippen LogP contribution in [-0.4, -0.2) is 29.5 Å². The summed E-state index contributed by atoms with van der Waals surface area (Å²) in [5.74, 6) is 0.472. The molecule has 0 unspecified atom stereocenters. The lowest BCUT2D eigenvalue weighted by molar-refractivity contribution is 0.0842. The fraction of sp³-hybridized carbons (Fsp3) is 0.375. The van der Waals surface area contributed by atoms with Crippen molar-refractivity contribution in [3.63, 3.8) is 0 Å². The molecule has 0 N–H and O–H groups in total. The van der Waals surface area contributed by atoms with Gasteiger partial charge in [0.05, 0.1) is 0 Å².